The van der Waals surface area contributed by atoms with Crippen LogP contribution in [0.25, 0.3) is 10.9 Å². The van der Waals surface area contributed by atoms with Crippen LogP contribution >= 0.6 is 11.6 Å². The molecule has 2 aromatic carbocycles. The minimum atomic E-state index is -3.08. The van der Waals surface area contributed by atoms with Gasteiger partial charge in [-0.25, -0.2) is 0 Å². The van der Waals surface area contributed by atoms with Gasteiger partial charge in [0.15, 0.2) is 5.78 Å². The Balaban J connectivity index is 1.91. The van der Waals surface area contributed by atoms with Gasteiger partial charge in [0.05, 0.1) is 49.2 Å². The molecular weight excluding hydrogens is 538 g/mol. The number of carbonyl (C=O) groups is 1. The van der Waals surface area contributed by atoms with Crippen LogP contribution < -0.4 is 14.8 Å². The van der Waals surface area contributed by atoms with Gasteiger partial charge in [0.25, 0.3) is 0 Å². The van der Waals surface area contributed by atoms with Crippen molar-refractivity contribution in [3.05, 3.63) is 94.2 Å². The smallest absolute Gasteiger partial charge is 0.159 e. The lowest BCUT2D eigenvalue weighted by atomic mass is 10.0. The van der Waals surface area contributed by atoms with E-state index in [1.165, 1.54) is 6.92 Å². The Hall–Kier alpha value is -4.45. The molecule has 0 radical (unpaired) electrons. The second-order valence-electron chi connectivity index (χ2n) is 8.11. The van der Waals surface area contributed by atoms with E-state index in [4.69, 9.17) is 43.0 Å². The Kier molecular flexibility index (Phi) is 5.02. The molecule has 0 amide bonds. The molecule has 1 N–H and O–H groups in total. The van der Waals surface area contributed by atoms with Crippen molar-refractivity contribution in [2.24, 2.45) is 0 Å². The molecule has 0 atom stereocenters. The molecule has 0 spiro atoms. The number of hydrogen-bond acceptors (Lipinski definition) is 8. The average Bonchev–Trinajstić information content (AvgIpc) is 3.13. The van der Waals surface area contributed by atoms with E-state index in [9.17, 15) is 10.1 Å². The summed E-state index contributed by atoms with van der Waals surface area (Å²) in [4.78, 5) is 21.5. The van der Waals surface area contributed by atoms with E-state index in [-0.39, 0.29) is 34.5 Å². The summed E-state index contributed by atoms with van der Waals surface area (Å²) in [5.74, 6) is -2.01. The first-order valence-electron chi connectivity index (χ1n) is 19.9. The molecule has 0 aliphatic carbocycles. The normalized spacial score (nSPS) is 17.8. The monoisotopic (exact) mass is 585 g/mol. The third-order valence-electron chi connectivity index (χ3n) is 5.03. The van der Waals surface area contributed by atoms with E-state index in [0.717, 1.165) is 13.1 Å². The fourth-order valence-corrected chi connectivity index (χ4v) is 3.51. The number of ketones is 1. The van der Waals surface area contributed by atoms with E-state index in [1.807, 2.05) is 0 Å². The van der Waals surface area contributed by atoms with E-state index < -0.39 is 120 Å². The molecule has 0 aliphatic heterocycles. The van der Waals surface area contributed by atoms with E-state index in [1.54, 1.807) is 13.0 Å². The summed E-state index contributed by atoms with van der Waals surface area (Å²) in [6.07, 6.45) is 0.0326. The third-order valence-corrected chi connectivity index (χ3v) is 5.29. The number of carbonyl (C=O) groups excluding carboxylic acids is 1. The molecule has 0 saturated heterocycles. The van der Waals surface area contributed by atoms with Crippen LogP contribution in [0.5, 0.6) is 11.5 Å². The number of likely N-dealkylation sites (N-methyl/N-ethyl adjacent to an activating group) is 1. The van der Waals surface area contributed by atoms with Crippen molar-refractivity contribution in [3.63, 3.8) is 0 Å². The van der Waals surface area contributed by atoms with Crippen molar-refractivity contribution in [3.8, 4) is 17.6 Å². The maximum atomic E-state index is 13.2. The van der Waals surface area contributed by atoms with Gasteiger partial charge < -0.3 is 19.7 Å². The average molecular weight is 586 g/mol. The SMILES string of the molecule is [2H]c1nc2c([2H])c(OCC)c(CC(=O)/C=C/C([2H])([2H])N(C)C([2H])([2H])[2H])c([2H])c2c(Nc2c([2H])c([2H])c(OC([2H])([2H])c3nc(C)c([2H])c([2H])c3[2H])c(Cl)c2[2H])c1C#N. The second-order valence-corrected chi connectivity index (χ2v) is 8.49. The Morgan fingerprint density at radius 1 is 1.27 bits per heavy atom. The number of nitriles is 1. The van der Waals surface area contributed by atoms with Gasteiger partial charge >= 0.3 is 0 Å². The standard InChI is InChI=1S/C32H32ClN5O3/c1-5-40-31-17-29-27(15-22(31)14-26(39)10-7-13-38(3)4)32(23(18-34)19-35-29)37-24-11-12-30(28(33)16-24)41-20-25-9-6-8-21(2)36-25/h6-12,15-17,19H,5,13-14,20H2,1-4H3,(H,35,37)/b10-7+/i3D3,6D,8D,9D,11D,12D,13D2,15D,16D,17D,19D,20D2. The van der Waals surface area contributed by atoms with Crippen molar-refractivity contribution in [1.82, 2.24) is 14.9 Å². The lowest BCUT2D eigenvalue weighted by molar-refractivity contribution is -0.114. The first kappa shape index (κ1) is 15.0. The molecule has 0 bridgehead atoms. The highest BCUT2D eigenvalue weighted by Crippen LogP contribution is 2.36. The van der Waals surface area contributed by atoms with Crippen LogP contribution in [0.15, 0.2) is 66.7 Å². The van der Waals surface area contributed by atoms with Gasteiger partial charge in [0.1, 0.15) is 24.1 Å². The summed E-state index contributed by atoms with van der Waals surface area (Å²) in [5, 5.41) is 11.6. The maximum absolute atomic E-state index is 13.2. The molecule has 2 aromatic heterocycles. The topological polar surface area (TPSA) is 100 Å². The largest absolute Gasteiger partial charge is 0.494 e. The minimum absolute atomic E-state index is 0.0744. The van der Waals surface area contributed by atoms with Gasteiger partial charge in [0, 0.05) is 54.3 Å². The van der Waals surface area contributed by atoms with Crippen LogP contribution in [0.3, 0.4) is 0 Å². The molecule has 0 unspecified atom stereocenters. The molecule has 210 valence electrons. The predicted molar refractivity (Wildman–Crippen MR) is 162 cm³/mol. The number of nitrogens with zero attached hydrogens (tertiary/aromatic N) is 4. The molecule has 0 aliphatic rings. The summed E-state index contributed by atoms with van der Waals surface area (Å²) in [6.45, 7) is -5.77. The molecule has 41 heavy (non-hydrogen) atoms. The quantitative estimate of drug-likeness (QED) is 0.190. The van der Waals surface area contributed by atoms with Gasteiger partial charge in [-0.15, -0.1) is 0 Å². The number of aryl methyl sites for hydroxylation is 1. The number of halogens is 1. The van der Waals surface area contributed by atoms with Crippen molar-refractivity contribution in [1.29, 1.82) is 5.26 Å². The molecule has 4 aromatic rings. The number of rotatable bonds is 12. The van der Waals surface area contributed by atoms with Crippen molar-refractivity contribution in [2.45, 2.75) is 26.8 Å². The van der Waals surface area contributed by atoms with Gasteiger partial charge in [-0.2, -0.15) is 5.26 Å². The van der Waals surface area contributed by atoms with E-state index in [2.05, 4.69) is 15.3 Å². The van der Waals surface area contributed by atoms with Crippen LogP contribution in [0, 0.1) is 18.3 Å². The first-order valence-corrected chi connectivity index (χ1v) is 12.3. The number of aromatic nitrogens is 2. The van der Waals surface area contributed by atoms with Crippen LogP contribution in [0.4, 0.5) is 11.4 Å². The summed E-state index contributed by atoms with van der Waals surface area (Å²) in [5.41, 5.74) is -3.13. The Labute approximate surface area is 267 Å². The number of pyridine rings is 2. The zero-order valence-corrected chi connectivity index (χ0v) is 22.7. The lowest BCUT2D eigenvalue weighted by Crippen LogP contribution is -2.11. The predicted octanol–water partition coefficient (Wildman–Crippen LogP) is 6.41. The van der Waals surface area contributed by atoms with Gasteiger partial charge in [-0.3, -0.25) is 14.8 Å². The first-order chi connectivity index (χ1) is 26.2. The van der Waals surface area contributed by atoms with Crippen molar-refractivity contribution >= 4 is 39.7 Å². The number of nitrogens with one attached hydrogen (secondary N) is 1. The van der Waals surface area contributed by atoms with Crippen LogP contribution in [-0.2, 0) is 17.8 Å². The van der Waals surface area contributed by atoms with Crippen LogP contribution in [-0.4, -0.2) is 47.8 Å². The van der Waals surface area contributed by atoms with Crippen LogP contribution in [0.2, 0.25) is 5.02 Å². The van der Waals surface area contributed by atoms with Crippen molar-refractivity contribution < 1.29 is 36.2 Å². The second kappa shape index (κ2) is 13.8. The number of anilines is 2. The van der Waals surface area contributed by atoms with Gasteiger partial charge in [-0.05, 0) is 70.2 Å². The molecule has 0 saturated carbocycles. The summed E-state index contributed by atoms with van der Waals surface area (Å²) < 4.78 is 143. The van der Waals surface area contributed by atoms with Gasteiger partial charge in [0.2, 0.25) is 0 Å². The highest BCUT2D eigenvalue weighted by Gasteiger charge is 2.16. The zero-order chi connectivity index (χ0) is 43.3. The lowest BCUT2D eigenvalue weighted by Gasteiger charge is -2.16. The molecular formula is C32H32ClN5O3. The third kappa shape index (κ3) is 7.82. The van der Waals surface area contributed by atoms with Crippen molar-refractivity contribution in [2.75, 3.05) is 32.4 Å². The fourth-order valence-electron chi connectivity index (χ4n) is 3.32. The van der Waals surface area contributed by atoms with E-state index in [0.29, 0.717) is 11.0 Å². The van der Waals surface area contributed by atoms with E-state index >= 15 is 0 Å². The zero-order valence-electron chi connectivity index (χ0n) is 38.0. The number of allylic oxidation sites excluding steroid dienone is 1. The molecule has 0 fully saturated rings. The molecule has 4 rings (SSSR count). The summed E-state index contributed by atoms with van der Waals surface area (Å²) in [6, 6.07) is -3.83. The fraction of sp³-hybridized carbons (Fsp3) is 0.250. The Morgan fingerprint density at radius 3 is 2.90 bits per heavy atom. The number of fused-ring (bicyclic) bond motifs is 1. The number of ether oxygens (including phenoxy) is 2. The van der Waals surface area contributed by atoms with Gasteiger partial charge in [-0.1, -0.05) is 23.7 Å². The highest BCUT2D eigenvalue weighted by molar-refractivity contribution is 6.32. The van der Waals surface area contributed by atoms with Crippen LogP contribution in [0.1, 0.15) is 51.4 Å². The molecule has 2 heterocycles. The number of benzene rings is 2. The number of hydrogen-bond donors (Lipinski definition) is 1. The Bertz CT molecular complexity index is 2360. The highest BCUT2D eigenvalue weighted by atomic mass is 35.5. The Morgan fingerprint density at radius 2 is 2.12 bits per heavy atom. The molecule has 8 nitrogen and oxygen atoms in total. The summed E-state index contributed by atoms with van der Waals surface area (Å²) >= 11 is 6.43. The summed E-state index contributed by atoms with van der Waals surface area (Å²) in [7, 11) is 0.988. The maximum Gasteiger partial charge on any atom is 0.159 e. The minimum Gasteiger partial charge on any atom is -0.494 e. The molecule has 9 heteroatoms.